The predicted octanol–water partition coefficient (Wildman–Crippen LogP) is 4.06. The lowest BCUT2D eigenvalue weighted by atomic mass is 10.0. The molecule has 0 aliphatic carbocycles. The Hall–Kier alpha value is -2.04. The summed E-state index contributed by atoms with van der Waals surface area (Å²) >= 11 is 12.0. The number of rotatable bonds is 6. The van der Waals surface area contributed by atoms with E-state index in [4.69, 9.17) is 23.2 Å². The molecule has 1 unspecified atom stereocenters. The first kappa shape index (κ1) is 19.3. The summed E-state index contributed by atoms with van der Waals surface area (Å²) in [4.78, 5) is 24.9. The van der Waals surface area contributed by atoms with Crippen LogP contribution in [0.4, 0.5) is 0 Å². The van der Waals surface area contributed by atoms with E-state index in [1.807, 2.05) is 26.0 Å². The van der Waals surface area contributed by atoms with E-state index < -0.39 is 6.04 Å². The maximum Gasteiger partial charge on any atom is 0.253 e. The third-order valence-corrected chi connectivity index (χ3v) is 4.27. The van der Waals surface area contributed by atoms with Gasteiger partial charge in [0.1, 0.15) is 6.04 Å². The average Bonchev–Trinajstić information content (AvgIpc) is 2.57. The molecule has 0 radical (unpaired) electrons. The van der Waals surface area contributed by atoms with E-state index >= 15 is 0 Å². The van der Waals surface area contributed by atoms with Crippen molar-refractivity contribution in [3.05, 3.63) is 69.7 Å². The van der Waals surface area contributed by atoms with Crippen molar-refractivity contribution < 1.29 is 9.59 Å². The molecule has 132 valence electrons. The normalized spacial score (nSPS) is 11.9. The Kier molecular flexibility index (Phi) is 6.85. The fourth-order valence-electron chi connectivity index (χ4n) is 2.35. The molecule has 0 aliphatic heterocycles. The van der Waals surface area contributed by atoms with Crippen LogP contribution in [0.3, 0.4) is 0 Å². The van der Waals surface area contributed by atoms with Crippen molar-refractivity contribution in [2.45, 2.75) is 26.4 Å². The summed E-state index contributed by atoms with van der Waals surface area (Å²) in [5.41, 5.74) is 1.23. The molecule has 0 spiro atoms. The van der Waals surface area contributed by atoms with Crippen LogP contribution in [0.2, 0.25) is 10.0 Å². The lowest BCUT2D eigenvalue weighted by molar-refractivity contribution is -0.124. The molecule has 0 aromatic heterocycles. The summed E-state index contributed by atoms with van der Waals surface area (Å²) in [6.45, 7) is 4.08. The lowest BCUT2D eigenvalue weighted by Crippen LogP contribution is -2.49. The van der Waals surface area contributed by atoms with Crippen LogP contribution < -0.4 is 10.6 Å². The summed E-state index contributed by atoms with van der Waals surface area (Å²) in [6.07, 6.45) is 0. The maximum atomic E-state index is 12.5. The van der Waals surface area contributed by atoms with Crippen molar-refractivity contribution in [1.82, 2.24) is 10.6 Å². The molecule has 0 saturated carbocycles. The number of carbonyl (C=O) groups excluding carboxylic acids is 2. The monoisotopic (exact) mass is 378 g/mol. The Morgan fingerprint density at radius 1 is 1.04 bits per heavy atom. The van der Waals surface area contributed by atoms with E-state index in [0.29, 0.717) is 22.2 Å². The molecule has 0 heterocycles. The van der Waals surface area contributed by atoms with Gasteiger partial charge in [0.25, 0.3) is 5.91 Å². The van der Waals surface area contributed by atoms with Gasteiger partial charge >= 0.3 is 0 Å². The van der Waals surface area contributed by atoms with Crippen molar-refractivity contribution in [3.63, 3.8) is 0 Å². The SMILES string of the molecule is CC(C)C(NC(=O)c1ccccc1Cl)C(=O)NCc1cccc(Cl)c1. The summed E-state index contributed by atoms with van der Waals surface area (Å²) in [5, 5.41) is 6.55. The summed E-state index contributed by atoms with van der Waals surface area (Å²) < 4.78 is 0. The molecule has 1 atom stereocenters. The molecular weight excluding hydrogens is 359 g/mol. The van der Waals surface area contributed by atoms with Crippen LogP contribution in [0.1, 0.15) is 29.8 Å². The van der Waals surface area contributed by atoms with Gasteiger partial charge in [-0.1, -0.05) is 61.3 Å². The van der Waals surface area contributed by atoms with E-state index in [1.165, 1.54) is 0 Å². The third-order valence-electron chi connectivity index (χ3n) is 3.71. The smallest absolute Gasteiger partial charge is 0.253 e. The zero-order valence-corrected chi connectivity index (χ0v) is 15.6. The molecule has 2 N–H and O–H groups in total. The zero-order valence-electron chi connectivity index (χ0n) is 14.1. The van der Waals surface area contributed by atoms with Gasteiger partial charge in [0.05, 0.1) is 10.6 Å². The number of amides is 2. The average molecular weight is 379 g/mol. The van der Waals surface area contributed by atoms with Crippen LogP contribution >= 0.6 is 23.2 Å². The van der Waals surface area contributed by atoms with Crippen LogP contribution in [0.5, 0.6) is 0 Å². The first-order valence-electron chi connectivity index (χ1n) is 7.96. The fraction of sp³-hybridized carbons (Fsp3) is 0.263. The maximum absolute atomic E-state index is 12.5. The molecule has 2 amide bonds. The van der Waals surface area contributed by atoms with Crippen molar-refractivity contribution >= 4 is 35.0 Å². The topological polar surface area (TPSA) is 58.2 Å². The van der Waals surface area contributed by atoms with Gasteiger partial charge < -0.3 is 10.6 Å². The second-order valence-corrected chi connectivity index (χ2v) is 6.87. The molecule has 0 aliphatic rings. The predicted molar refractivity (Wildman–Crippen MR) is 101 cm³/mol. The second kappa shape index (κ2) is 8.88. The highest BCUT2D eigenvalue weighted by Gasteiger charge is 2.25. The molecule has 25 heavy (non-hydrogen) atoms. The molecular formula is C19H20Cl2N2O2. The number of carbonyl (C=O) groups is 2. The Morgan fingerprint density at radius 3 is 2.40 bits per heavy atom. The highest BCUT2D eigenvalue weighted by Crippen LogP contribution is 2.16. The summed E-state index contributed by atoms with van der Waals surface area (Å²) in [5.74, 6) is -0.705. The molecule has 6 heteroatoms. The van der Waals surface area contributed by atoms with Crippen LogP contribution in [-0.2, 0) is 11.3 Å². The largest absolute Gasteiger partial charge is 0.350 e. The fourth-order valence-corrected chi connectivity index (χ4v) is 2.78. The van der Waals surface area contributed by atoms with Crippen LogP contribution in [0, 0.1) is 5.92 Å². The summed E-state index contributed by atoms with van der Waals surface area (Å²) in [6, 6.07) is 13.3. The van der Waals surface area contributed by atoms with Crippen molar-refractivity contribution in [2.75, 3.05) is 0 Å². The summed E-state index contributed by atoms with van der Waals surface area (Å²) in [7, 11) is 0. The number of halogens is 2. The number of hydrogen-bond acceptors (Lipinski definition) is 2. The highest BCUT2D eigenvalue weighted by atomic mass is 35.5. The minimum absolute atomic E-state index is 0.0780. The van der Waals surface area contributed by atoms with Gasteiger partial charge in [-0.05, 0) is 35.7 Å². The van der Waals surface area contributed by atoms with Gasteiger partial charge in [-0.15, -0.1) is 0 Å². The molecule has 0 bridgehead atoms. The molecule has 2 rings (SSSR count). The van der Waals surface area contributed by atoms with E-state index in [0.717, 1.165) is 5.56 Å². The van der Waals surface area contributed by atoms with Crippen LogP contribution in [-0.4, -0.2) is 17.9 Å². The van der Waals surface area contributed by atoms with Gasteiger partial charge in [0.2, 0.25) is 5.91 Å². The van der Waals surface area contributed by atoms with Crippen LogP contribution in [0.25, 0.3) is 0 Å². The third kappa shape index (κ3) is 5.48. The molecule has 0 fully saturated rings. The van der Waals surface area contributed by atoms with E-state index in [2.05, 4.69) is 10.6 Å². The molecule has 4 nitrogen and oxygen atoms in total. The Labute approximate surface area is 157 Å². The Morgan fingerprint density at radius 2 is 1.76 bits per heavy atom. The van der Waals surface area contributed by atoms with Gasteiger partial charge in [-0.25, -0.2) is 0 Å². The first-order chi connectivity index (χ1) is 11.9. The quantitative estimate of drug-likeness (QED) is 0.795. The number of nitrogens with one attached hydrogen (secondary N) is 2. The van der Waals surface area contributed by atoms with Gasteiger partial charge in [-0.3, -0.25) is 9.59 Å². The second-order valence-electron chi connectivity index (χ2n) is 6.02. The molecule has 2 aromatic carbocycles. The lowest BCUT2D eigenvalue weighted by Gasteiger charge is -2.22. The van der Waals surface area contributed by atoms with E-state index in [9.17, 15) is 9.59 Å². The number of benzene rings is 2. The molecule has 0 saturated heterocycles. The number of hydrogen-bond donors (Lipinski definition) is 2. The van der Waals surface area contributed by atoms with Gasteiger partial charge in [0.15, 0.2) is 0 Å². The zero-order chi connectivity index (χ0) is 18.4. The van der Waals surface area contributed by atoms with Crippen molar-refractivity contribution in [3.8, 4) is 0 Å². The molecule has 2 aromatic rings. The van der Waals surface area contributed by atoms with Gasteiger partial charge in [-0.2, -0.15) is 0 Å². The Bertz CT molecular complexity index is 763. The van der Waals surface area contributed by atoms with Crippen molar-refractivity contribution in [1.29, 1.82) is 0 Å². The Balaban J connectivity index is 2.03. The minimum atomic E-state index is -0.664. The minimum Gasteiger partial charge on any atom is -0.350 e. The van der Waals surface area contributed by atoms with E-state index in [1.54, 1.807) is 36.4 Å². The highest BCUT2D eigenvalue weighted by molar-refractivity contribution is 6.33. The van der Waals surface area contributed by atoms with Crippen LogP contribution in [0.15, 0.2) is 48.5 Å². The van der Waals surface area contributed by atoms with Crippen molar-refractivity contribution in [2.24, 2.45) is 5.92 Å². The van der Waals surface area contributed by atoms with Gasteiger partial charge in [0, 0.05) is 11.6 Å². The standard InChI is InChI=1S/C19H20Cl2N2O2/c1-12(2)17(23-18(24)15-8-3-4-9-16(15)21)19(25)22-11-13-6-5-7-14(20)10-13/h3-10,12,17H,11H2,1-2H3,(H,22,25)(H,23,24). The van der Waals surface area contributed by atoms with E-state index in [-0.39, 0.29) is 17.7 Å². The first-order valence-corrected chi connectivity index (χ1v) is 8.71.